The molecule has 1 aromatic heterocycles. The van der Waals surface area contributed by atoms with Gasteiger partial charge in [-0.2, -0.15) is 0 Å². The van der Waals surface area contributed by atoms with E-state index in [0.29, 0.717) is 44.1 Å². The van der Waals surface area contributed by atoms with Crippen molar-refractivity contribution in [2.45, 2.75) is 6.54 Å². The zero-order valence-electron chi connectivity index (χ0n) is 15.3. The molecule has 3 aromatic rings. The predicted octanol–water partition coefficient (Wildman–Crippen LogP) is 2.89. The number of nitrogens with zero attached hydrogens (tertiary/aromatic N) is 3. The van der Waals surface area contributed by atoms with E-state index in [-0.39, 0.29) is 12.1 Å². The Morgan fingerprint density at radius 1 is 0.893 bits per heavy atom. The first kappa shape index (κ1) is 17.8. The van der Waals surface area contributed by atoms with Gasteiger partial charge in [0.05, 0.1) is 5.39 Å². The summed E-state index contributed by atoms with van der Waals surface area (Å²) in [5.74, 6) is 0.406. The monoisotopic (exact) mass is 379 g/mol. The third kappa shape index (κ3) is 3.90. The minimum absolute atomic E-state index is 0.119. The molecule has 0 spiro atoms. The number of piperazine rings is 1. The van der Waals surface area contributed by atoms with Crippen LogP contribution in [0.4, 0.5) is 15.4 Å². The Kier molecular flexibility index (Phi) is 5.09. The van der Waals surface area contributed by atoms with Gasteiger partial charge in [-0.25, -0.2) is 9.59 Å². The van der Waals surface area contributed by atoms with E-state index in [1.54, 1.807) is 15.9 Å². The van der Waals surface area contributed by atoms with Crippen molar-refractivity contribution in [3.05, 3.63) is 60.2 Å². The summed E-state index contributed by atoms with van der Waals surface area (Å²) < 4.78 is 5.20. The standard InChI is InChI=1S/C20H21N5O3/c26-19(21-14-15-6-2-1-3-7-15)24-10-12-25(13-11-24)20(27)22-18-16-8-4-5-9-17(16)28-23-18/h1-9H,10-14H2,(H,21,26)(H,22,23,27). The molecule has 0 aliphatic carbocycles. The maximum atomic E-state index is 12.5. The first-order chi connectivity index (χ1) is 13.7. The Morgan fingerprint density at radius 3 is 2.29 bits per heavy atom. The molecule has 8 nitrogen and oxygen atoms in total. The quantitative estimate of drug-likeness (QED) is 0.732. The summed E-state index contributed by atoms with van der Waals surface area (Å²) in [6, 6.07) is 16.7. The van der Waals surface area contributed by atoms with Gasteiger partial charge in [-0.1, -0.05) is 47.6 Å². The number of aromatic nitrogens is 1. The highest BCUT2D eigenvalue weighted by Crippen LogP contribution is 2.22. The van der Waals surface area contributed by atoms with Gasteiger partial charge >= 0.3 is 12.1 Å². The van der Waals surface area contributed by atoms with Crippen LogP contribution in [0.2, 0.25) is 0 Å². The Morgan fingerprint density at radius 2 is 1.54 bits per heavy atom. The molecule has 4 amide bonds. The molecule has 4 rings (SSSR count). The molecule has 144 valence electrons. The van der Waals surface area contributed by atoms with Crippen LogP contribution in [0.5, 0.6) is 0 Å². The lowest BCUT2D eigenvalue weighted by Gasteiger charge is -2.34. The van der Waals surface area contributed by atoms with E-state index in [4.69, 9.17) is 4.52 Å². The molecule has 2 heterocycles. The number of fused-ring (bicyclic) bond motifs is 1. The summed E-state index contributed by atoms with van der Waals surface area (Å²) in [6.07, 6.45) is 0. The van der Waals surface area contributed by atoms with Gasteiger partial charge in [-0.05, 0) is 17.7 Å². The van der Waals surface area contributed by atoms with Crippen LogP contribution < -0.4 is 10.6 Å². The molecule has 1 aliphatic rings. The SMILES string of the molecule is O=C(NCc1ccccc1)N1CCN(C(=O)Nc2noc3ccccc23)CC1. The van der Waals surface area contributed by atoms with Crippen LogP contribution in [-0.2, 0) is 6.54 Å². The highest BCUT2D eigenvalue weighted by Gasteiger charge is 2.25. The number of hydrogen-bond donors (Lipinski definition) is 2. The van der Waals surface area contributed by atoms with E-state index in [2.05, 4.69) is 15.8 Å². The molecule has 0 saturated carbocycles. The average Bonchev–Trinajstić information content (AvgIpc) is 3.16. The summed E-state index contributed by atoms with van der Waals surface area (Å²) in [4.78, 5) is 28.2. The van der Waals surface area contributed by atoms with E-state index < -0.39 is 0 Å². The van der Waals surface area contributed by atoms with Gasteiger partial charge in [0.25, 0.3) is 0 Å². The van der Waals surface area contributed by atoms with Crippen LogP contribution in [0.15, 0.2) is 59.1 Å². The van der Waals surface area contributed by atoms with E-state index in [9.17, 15) is 9.59 Å². The summed E-state index contributed by atoms with van der Waals surface area (Å²) in [7, 11) is 0. The molecule has 2 aromatic carbocycles. The van der Waals surface area contributed by atoms with E-state index in [0.717, 1.165) is 10.9 Å². The first-order valence-electron chi connectivity index (χ1n) is 9.18. The van der Waals surface area contributed by atoms with E-state index in [1.165, 1.54) is 0 Å². The predicted molar refractivity (Wildman–Crippen MR) is 105 cm³/mol. The van der Waals surface area contributed by atoms with Gasteiger partial charge in [-0.15, -0.1) is 0 Å². The molecule has 1 fully saturated rings. The third-order valence-corrected chi connectivity index (χ3v) is 4.74. The fourth-order valence-electron chi connectivity index (χ4n) is 3.15. The second-order valence-corrected chi connectivity index (χ2v) is 6.58. The number of carbonyl (C=O) groups excluding carboxylic acids is 2. The number of amides is 4. The Balaban J connectivity index is 1.27. The molecular formula is C20H21N5O3. The lowest BCUT2D eigenvalue weighted by Crippen LogP contribution is -2.53. The largest absolute Gasteiger partial charge is 0.354 e. The average molecular weight is 379 g/mol. The molecule has 8 heteroatoms. The lowest BCUT2D eigenvalue weighted by molar-refractivity contribution is 0.148. The first-order valence-corrected chi connectivity index (χ1v) is 9.18. The molecule has 1 aliphatic heterocycles. The number of nitrogens with one attached hydrogen (secondary N) is 2. The van der Waals surface area contributed by atoms with Crippen LogP contribution in [0.3, 0.4) is 0 Å². The lowest BCUT2D eigenvalue weighted by atomic mass is 10.2. The Bertz CT molecular complexity index is 964. The van der Waals surface area contributed by atoms with Crippen LogP contribution in [-0.4, -0.2) is 53.2 Å². The maximum Gasteiger partial charge on any atom is 0.323 e. The topological polar surface area (TPSA) is 90.7 Å². The minimum Gasteiger partial charge on any atom is -0.354 e. The highest BCUT2D eigenvalue weighted by atomic mass is 16.5. The smallest absolute Gasteiger partial charge is 0.323 e. The summed E-state index contributed by atoms with van der Waals surface area (Å²) in [5, 5.41) is 10.4. The summed E-state index contributed by atoms with van der Waals surface area (Å²) >= 11 is 0. The summed E-state index contributed by atoms with van der Waals surface area (Å²) in [5.41, 5.74) is 1.67. The maximum absolute atomic E-state index is 12.5. The molecule has 1 saturated heterocycles. The normalized spacial score (nSPS) is 14.1. The van der Waals surface area contributed by atoms with Crippen molar-refractivity contribution in [2.24, 2.45) is 0 Å². The van der Waals surface area contributed by atoms with Gasteiger partial charge in [0.2, 0.25) is 0 Å². The minimum atomic E-state index is -0.247. The second-order valence-electron chi connectivity index (χ2n) is 6.58. The molecule has 2 N–H and O–H groups in total. The van der Waals surface area contributed by atoms with Crippen LogP contribution in [0.1, 0.15) is 5.56 Å². The zero-order chi connectivity index (χ0) is 19.3. The number of benzene rings is 2. The Hall–Kier alpha value is -3.55. The van der Waals surface area contributed by atoms with Crippen LogP contribution >= 0.6 is 0 Å². The van der Waals surface area contributed by atoms with Crippen molar-refractivity contribution in [2.75, 3.05) is 31.5 Å². The zero-order valence-corrected chi connectivity index (χ0v) is 15.3. The summed E-state index contributed by atoms with van der Waals surface area (Å²) in [6.45, 7) is 2.36. The van der Waals surface area contributed by atoms with Crippen molar-refractivity contribution in [1.29, 1.82) is 0 Å². The van der Waals surface area contributed by atoms with Crippen molar-refractivity contribution >= 4 is 28.8 Å². The molecule has 0 unspecified atom stereocenters. The van der Waals surface area contributed by atoms with Crippen molar-refractivity contribution in [3.8, 4) is 0 Å². The van der Waals surface area contributed by atoms with Crippen molar-refractivity contribution in [3.63, 3.8) is 0 Å². The molecule has 0 radical (unpaired) electrons. The molecule has 0 bridgehead atoms. The van der Waals surface area contributed by atoms with E-state index >= 15 is 0 Å². The van der Waals surface area contributed by atoms with E-state index in [1.807, 2.05) is 48.5 Å². The van der Waals surface area contributed by atoms with Gasteiger partial charge in [0.15, 0.2) is 11.4 Å². The number of anilines is 1. The van der Waals surface area contributed by atoms with Crippen LogP contribution in [0.25, 0.3) is 11.0 Å². The van der Waals surface area contributed by atoms with Gasteiger partial charge in [0, 0.05) is 32.7 Å². The van der Waals surface area contributed by atoms with Gasteiger partial charge in [0.1, 0.15) is 0 Å². The number of urea groups is 2. The fourth-order valence-corrected chi connectivity index (χ4v) is 3.15. The number of carbonyl (C=O) groups is 2. The fraction of sp³-hybridized carbons (Fsp3) is 0.250. The number of hydrogen-bond acceptors (Lipinski definition) is 4. The number of para-hydroxylation sites is 1. The molecular weight excluding hydrogens is 358 g/mol. The molecule has 28 heavy (non-hydrogen) atoms. The highest BCUT2D eigenvalue weighted by molar-refractivity contribution is 5.98. The Labute approximate surface area is 162 Å². The number of rotatable bonds is 3. The third-order valence-electron chi connectivity index (χ3n) is 4.74. The van der Waals surface area contributed by atoms with Crippen LogP contribution in [0, 0.1) is 0 Å². The van der Waals surface area contributed by atoms with Gasteiger partial charge < -0.3 is 19.6 Å². The van der Waals surface area contributed by atoms with Gasteiger partial charge in [-0.3, -0.25) is 5.32 Å². The molecule has 0 atom stereocenters. The van der Waals surface area contributed by atoms with Crippen molar-refractivity contribution < 1.29 is 14.1 Å². The van der Waals surface area contributed by atoms with Crippen molar-refractivity contribution in [1.82, 2.24) is 20.3 Å². The second kappa shape index (κ2) is 7.99.